The Kier molecular flexibility index (Phi) is 2.73. The number of aliphatic hydroxyl groups is 1. The first kappa shape index (κ1) is 11.2. The molecule has 0 aromatic carbocycles. The summed E-state index contributed by atoms with van der Waals surface area (Å²) in [5.41, 5.74) is -0.572. The molecule has 0 heterocycles. The Hall–Kier alpha value is -1.34. The van der Waals surface area contributed by atoms with E-state index in [9.17, 15) is 10.1 Å². The lowest BCUT2D eigenvalue weighted by atomic mass is 9.49. The van der Waals surface area contributed by atoms with Gasteiger partial charge in [-0.2, -0.15) is 5.26 Å². The van der Waals surface area contributed by atoms with Crippen molar-refractivity contribution in [2.45, 2.75) is 19.3 Å². The third-order valence-electron chi connectivity index (χ3n) is 3.78. The zero-order chi connectivity index (χ0) is 11.8. The minimum Gasteiger partial charge on any atom is -0.501 e. The maximum absolute atomic E-state index is 11.9. The number of aliphatic hydroxyl groups excluding tert-OH is 1. The van der Waals surface area contributed by atoms with Gasteiger partial charge in [0.1, 0.15) is 5.76 Å². The highest BCUT2D eigenvalue weighted by molar-refractivity contribution is 5.95. The summed E-state index contributed by atoms with van der Waals surface area (Å²) in [6, 6.07) is 2.28. The molecular weight excluding hydrogens is 206 g/mol. The summed E-state index contributed by atoms with van der Waals surface area (Å²) in [6.07, 6.45) is 3.33. The van der Waals surface area contributed by atoms with Crippen LogP contribution in [-0.4, -0.2) is 24.6 Å². The molecule has 16 heavy (non-hydrogen) atoms. The van der Waals surface area contributed by atoms with Crippen LogP contribution in [0.5, 0.6) is 0 Å². The maximum atomic E-state index is 11.9. The number of fused-ring (bicyclic) bond motifs is 1. The molecule has 1 N–H and O–H groups in total. The fourth-order valence-electron chi connectivity index (χ4n) is 3.02. The van der Waals surface area contributed by atoms with E-state index in [1.54, 1.807) is 0 Å². The van der Waals surface area contributed by atoms with Gasteiger partial charge < -0.3 is 9.84 Å². The van der Waals surface area contributed by atoms with Gasteiger partial charge in [-0.25, -0.2) is 0 Å². The van der Waals surface area contributed by atoms with Gasteiger partial charge in [0, 0.05) is 25.0 Å². The van der Waals surface area contributed by atoms with Gasteiger partial charge in [-0.15, -0.1) is 0 Å². The lowest BCUT2D eigenvalue weighted by molar-refractivity contribution is -0.135. The zero-order valence-electron chi connectivity index (χ0n) is 9.27. The second kappa shape index (κ2) is 3.91. The standard InChI is InChI=1S/C12H15NO3/c1-16-9-4-10(15)11-8(2-3-14)5-12(11,6-9)7-13/h4,8,11,14H,2-3,5-6H2,1H3/t8-,11+,12-/m0/s1. The Bertz CT molecular complexity index is 382. The Morgan fingerprint density at radius 2 is 2.50 bits per heavy atom. The van der Waals surface area contributed by atoms with E-state index in [2.05, 4.69) is 6.07 Å². The van der Waals surface area contributed by atoms with Crippen molar-refractivity contribution in [3.05, 3.63) is 11.8 Å². The van der Waals surface area contributed by atoms with E-state index in [0.717, 1.165) is 0 Å². The monoisotopic (exact) mass is 221 g/mol. The van der Waals surface area contributed by atoms with E-state index >= 15 is 0 Å². The summed E-state index contributed by atoms with van der Waals surface area (Å²) >= 11 is 0. The second-order valence-corrected chi connectivity index (χ2v) is 4.62. The minimum absolute atomic E-state index is 0.0191. The molecule has 86 valence electrons. The predicted octanol–water partition coefficient (Wildman–Crippen LogP) is 1.02. The highest BCUT2D eigenvalue weighted by Crippen LogP contribution is 2.58. The van der Waals surface area contributed by atoms with Crippen molar-refractivity contribution >= 4 is 5.78 Å². The minimum atomic E-state index is -0.572. The number of carbonyl (C=O) groups is 1. The smallest absolute Gasteiger partial charge is 0.163 e. The topological polar surface area (TPSA) is 70.3 Å². The number of ether oxygens (including phenoxy) is 1. The molecule has 0 bridgehead atoms. The number of carbonyl (C=O) groups excluding carboxylic acids is 1. The summed E-state index contributed by atoms with van der Waals surface area (Å²) in [6.45, 7) is 0.0802. The van der Waals surface area contributed by atoms with E-state index in [0.29, 0.717) is 25.0 Å². The molecule has 0 unspecified atom stereocenters. The molecule has 0 spiro atoms. The molecule has 0 aromatic rings. The van der Waals surface area contributed by atoms with E-state index in [4.69, 9.17) is 9.84 Å². The van der Waals surface area contributed by atoms with E-state index in [1.807, 2.05) is 0 Å². The summed E-state index contributed by atoms with van der Waals surface area (Å²) in [4.78, 5) is 11.9. The largest absolute Gasteiger partial charge is 0.501 e. The molecule has 0 radical (unpaired) electrons. The van der Waals surface area contributed by atoms with Gasteiger partial charge in [0.15, 0.2) is 5.78 Å². The van der Waals surface area contributed by atoms with E-state index in [-0.39, 0.29) is 24.2 Å². The summed E-state index contributed by atoms with van der Waals surface area (Å²) in [5, 5.41) is 18.1. The van der Waals surface area contributed by atoms with Gasteiger partial charge in [0.05, 0.1) is 18.6 Å². The van der Waals surface area contributed by atoms with Gasteiger partial charge in [0.25, 0.3) is 0 Å². The van der Waals surface area contributed by atoms with Crippen LogP contribution in [0.25, 0.3) is 0 Å². The number of hydrogen-bond acceptors (Lipinski definition) is 4. The highest BCUT2D eigenvalue weighted by Gasteiger charge is 2.59. The van der Waals surface area contributed by atoms with Crippen LogP contribution < -0.4 is 0 Å². The zero-order valence-corrected chi connectivity index (χ0v) is 9.27. The SMILES string of the molecule is COC1=CC(=O)[C@H]2[C@@H](CCO)C[C@@]2(C#N)C1. The van der Waals surface area contributed by atoms with Gasteiger partial charge in [-0.1, -0.05) is 0 Å². The predicted molar refractivity (Wildman–Crippen MR) is 56.1 cm³/mol. The number of hydrogen-bond donors (Lipinski definition) is 1. The van der Waals surface area contributed by atoms with E-state index < -0.39 is 5.41 Å². The molecule has 0 aliphatic heterocycles. The van der Waals surface area contributed by atoms with Crippen molar-refractivity contribution in [2.75, 3.05) is 13.7 Å². The first-order valence-corrected chi connectivity index (χ1v) is 5.47. The van der Waals surface area contributed by atoms with E-state index in [1.165, 1.54) is 13.2 Å². The number of nitriles is 1. The van der Waals surface area contributed by atoms with Gasteiger partial charge in [-0.3, -0.25) is 4.79 Å². The third kappa shape index (κ3) is 1.43. The molecule has 2 aliphatic carbocycles. The number of nitrogens with zero attached hydrogens (tertiary/aromatic N) is 1. The highest BCUT2D eigenvalue weighted by atomic mass is 16.5. The van der Waals surface area contributed by atoms with Crippen LogP contribution in [0, 0.1) is 28.6 Å². The molecule has 0 amide bonds. The fourth-order valence-corrected chi connectivity index (χ4v) is 3.02. The average Bonchev–Trinajstić information content (AvgIpc) is 2.24. The molecule has 1 saturated carbocycles. The molecule has 4 nitrogen and oxygen atoms in total. The van der Waals surface area contributed by atoms with Crippen molar-refractivity contribution in [1.29, 1.82) is 5.26 Å². The van der Waals surface area contributed by atoms with Crippen LogP contribution in [-0.2, 0) is 9.53 Å². The quantitative estimate of drug-likeness (QED) is 0.772. The van der Waals surface area contributed by atoms with Crippen LogP contribution in [0.15, 0.2) is 11.8 Å². The first-order valence-electron chi connectivity index (χ1n) is 5.47. The maximum Gasteiger partial charge on any atom is 0.163 e. The average molecular weight is 221 g/mol. The summed E-state index contributed by atoms with van der Waals surface area (Å²) in [5.74, 6) is 0.509. The normalized spacial score (nSPS) is 36.8. The Labute approximate surface area is 94.5 Å². The fraction of sp³-hybridized carbons (Fsp3) is 0.667. The first-order chi connectivity index (χ1) is 7.66. The lowest BCUT2D eigenvalue weighted by Gasteiger charge is -2.51. The van der Waals surface area contributed by atoms with Crippen molar-refractivity contribution in [1.82, 2.24) is 0 Å². The lowest BCUT2D eigenvalue weighted by Crippen LogP contribution is -2.53. The Balaban J connectivity index is 2.24. The Morgan fingerprint density at radius 3 is 3.06 bits per heavy atom. The van der Waals surface area contributed by atoms with Gasteiger partial charge in [-0.05, 0) is 18.8 Å². The van der Waals surface area contributed by atoms with Crippen molar-refractivity contribution < 1.29 is 14.6 Å². The molecule has 0 saturated heterocycles. The number of allylic oxidation sites excluding steroid dienone is 2. The molecule has 3 atom stereocenters. The van der Waals surface area contributed by atoms with Crippen molar-refractivity contribution in [3.8, 4) is 6.07 Å². The van der Waals surface area contributed by atoms with Crippen molar-refractivity contribution in [3.63, 3.8) is 0 Å². The summed E-state index contributed by atoms with van der Waals surface area (Å²) < 4.78 is 5.08. The van der Waals surface area contributed by atoms with Gasteiger partial charge in [0.2, 0.25) is 0 Å². The van der Waals surface area contributed by atoms with Crippen LogP contribution in [0.1, 0.15) is 19.3 Å². The van der Waals surface area contributed by atoms with Crippen molar-refractivity contribution in [2.24, 2.45) is 17.3 Å². The number of methoxy groups -OCH3 is 1. The number of ketones is 1. The molecule has 2 rings (SSSR count). The van der Waals surface area contributed by atoms with Crippen LogP contribution in [0.3, 0.4) is 0 Å². The second-order valence-electron chi connectivity index (χ2n) is 4.62. The van der Waals surface area contributed by atoms with Crippen LogP contribution >= 0.6 is 0 Å². The molecule has 4 heteroatoms. The molecule has 0 aromatic heterocycles. The molecule has 2 aliphatic rings. The summed E-state index contributed by atoms with van der Waals surface area (Å²) in [7, 11) is 1.52. The Morgan fingerprint density at radius 1 is 1.75 bits per heavy atom. The van der Waals surface area contributed by atoms with Crippen LogP contribution in [0.4, 0.5) is 0 Å². The third-order valence-corrected chi connectivity index (χ3v) is 3.78. The van der Waals surface area contributed by atoms with Gasteiger partial charge >= 0.3 is 0 Å². The van der Waals surface area contributed by atoms with Crippen LogP contribution in [0.2, 0.25) is 0 Å². The number of rotatable bonds is 3. The molecular formula is C12H15NO3. The molecule has 1 fully saturated rings.